The maximum atomic E-state index is 12.9. The van der Waals surface area contributed by atoms with Crippen LogP contribution in [0.1, 0.15) is 29.2 Å². The molecule has 162 valence electrons. The van der Waals surface area contributed by atoms with Crippen molar-refractivity contribution in [1.29, 1.82) is 0 Å². The van der Waals surface area contributed by atoms with E-state index in [-0.39, 0.29) is 17.2 Å². The van der Waals surface area contributed by atoms with Crippen molar-refractivity contribution in [3.63, 3.8) is 0 Å². The molecule has 0 aliphatic rings. The second-order valence-corrected chi connectivity index (χ2v) is 9.07. The number of hydrogen-bond acceptors (Lipinski definition) is 4. The predicted molar refractivity (Wildman–Crippen MR) is 122 cm³/mol. The van der Waals surface area contributed by atoms with Crippen molar-refractivity contribution in [3.05, 3.63) is 89.5 Å². The molecule has 2 N–H and O–H groups in total. The van der Waals surface area contributed by atoms with Gasteiger partial charge in [0, 0.05) is 6.42 Å². The molecule has 0 radical (unpaired) electrons. The van der Waals surface area contributed by atoms with Crippen molar-refractivity contribution in [1.82, 2.24) is 4.72 Å². The van der Waals surface area contributed by atoms with Crippen molar-refractivity contribution in [2.75, 3.05) is 12.4 Å². The lowest BCUT2D eigenvalue weighted by Crippen LogP contribution is -2.31. The van der Waals surface area contributed by atoms with Crippen LogP contribution in [0.2, 0.25) is 0 Å². The van der Waals surface area contributed by atoms with Crippen molar-refractivity contribution < 1.29 is 17.9 Å². The molecule has 3 rings (SSSR count). The number of methoxy groups -OCH3 is 1. The van der Waals surface area contributed by atoms with Gasteiger partial charge in [0.25, 0.3) is 0 Å². The molecule has 0 spiro atoms. The van der Waals surface area contributed by atoms with Gasteiger partial charge in [-0.25, -0.2) is 13.1 Å². The lowest BCUT2D eigenvalue weighted by molar-refractivity contribution is -0.116. The van der Waals surface area contributed by atoms with Gasteiger partial charge < -0.3 is 10.1 Å². The summed E-state index contributed by atoms with van der Waals surface area (Å²) in [5, 5.41) is 2.84. The smallest absolute Gasteiger partial charge is 0.241 e. The molecule has 0 saturated heterocycles. The maximum absolute atomic E-state index is 12.9. The normalized spacial score (nSPS) is 12.2. The van der Waals surface area contributed by atoms with E-state index in [2.05, 4.69) is 10.0 Å². The van der Waals surface area contributed by atoms with E-state index in [1.165, 1.54) is 7.11 Å². The average Bonchev–Trinajstić information content (AvgIpc) is 2.74. The summed E-state index contributed by atoms with van der Waals surface area (Å²) < 4.78 is 33.9. The summed E-state index contributed by atoms with van der Waals surface area (Å²) in [6, 6.07) is 20.4. The molecule has 1 atom stereocenters. The topological polar surface area (TPSA) is 84.5 Å². The van der Waals surface area contributed by atoms with Crippen LogP contribution in [0.25, 0.3) is 0 Å². The number of rotatable bonds is 8. The van der Waals surface area contributed by atoms with Crippen molar-refractivity contribution in [2.24, 2.45) is 0 Å². The minimum Gasteiger partial charge on any atom is -0.495 e. The van der Waals surface area contributed by atoms with E-state index in [0.717, 1.165) is 11.1 Å². The Morgan fingerprint density at radius 2 is 1.58 bits per heavy atom. The third-order valence-corrected chi connectivity index (χ3v) is 6.34. The highest BCUT2D eigenvalue weighted by atomic mass is 32.2. The Morgan fingerprint density at radius 3 is 2.23 bits per heavy atom. The Hall–Kier alpha value is -3.16. The molecule has 3 aromatic rings. The van der Waals surface area contributed by atoms with Crippen LogP contribution in [-0.2, 0) is 14.8 Å². The first-order valence-electron chi connectivity index (χ1n) is 9.87. The molecule has 31 heavy (non-hydrogen) atoms. The number of benzene rings is 3. The summed E-state index contributed by atoms with van der Waals surface area (Å²) in [5.74, 6) is 0.208. The van der Waals surface area contributed by atoms with E-state index in [0.29, 0.717) is 17.0 Å². The average molecular weight is 439 g/mol. The van der Waals surface area contributed by atoms with Crippen LogP contribution in [0.5, 0.6) is 5.75 Å². The van der Waals surface area contributed by atoms with E-state index in [4.69, 9.17) is 4.74 Å². The summed E-state index contributed by atoms with van der Waals surface area (Å²) in [5.41, 5.74) is 3.17. The van der Waals surface area contributed by atoms with Crippen LogP contribution in [0, 0.1) is 13.8 Å². The van der Waals surface area contributed by atoms with E-state index >= 15 is 0 Å². The largest absolute Gasteiger partial charge is 0.495 e. The van der Waals surface area contributed by atoms with E-state index < -0.39 is 16.1 Å². The first-order valence-corrected chi connectivity index (χ1v) is 11.4. The van der Waals surface area contributed by atoms with E-state index in [9.17, 15) is 13.2 Å². The molecule has 0 aliphatic carbocycles. The molecule has 0 saturated carbocycles. The van der Waals surface area contributed by atoms with Crippen LogP contribution < -0.4 is 14.8 Å². The van der Waals surface area contributed by atoms with Gasteiger partial charge in [-0.15, -0.1) is 0 Å². The molecule has 0 bridgehead atoms. The van der Waals surface area contributed by atoms with Crippen LogP contribution in [-0.4, -0.2) is 21.4 Å². The Labute approximate surface area is 183 Å². The number of amides is 1. The number of carbonyl (C=O) groups is 1. The quantitative estimate of drug-likeness (QED) is 0.547. The Bertz CT molecular complexity index is 1140. The van der Waals surface area contributed by atoms with Crippen LogP contribution in [0.4, 0.5) is 5.69 Å². The zero-order valence-corrected chi connectivity index (χ0v) is 18.6. The van der Waals surface area contributed by atoms with E-state index in [1.54, 1.807) is 42.5 Å². The SMILES string of the molecule is COc1ccc(C)cc1NC(=O)C[C@H](NS(=O)(=O)c1ccc(C)cc1)c1ccccc1. The molecule has 0 unspecified atom stereocenters. The zero-order chi connectivity index (χ0) is 22.4. The van der Waals surface area contributed by atoms with Gasteiger partial charge in [-0.1, -0.05) is 54.1 Å². The monoisotopic (exact) mass is 438 g/mol. The lowest BCUT2D eigenvalue weighted by Gasteiger charge is -2.20. The summed E-state index contributed by atoms with van der Waals surface area (Å²) >= 11 is 0. The molecule has 7 heteroatoms. The van der Waals surface area contributed by atoms with Crippen molar-refractivity contribution >= 4 is 21.6 Å². The number of carbonyl (C=O) groups excluding carboxylic acids is 1. The number of aryl methyl sites for hydroxylation is 2. The number of ether oxygens (including phenoxy) is 1. The van der Waals surface area contributed by atoms with Gasteiger partial charge in [-0.05, 0) is 49.2 Å². The van der Waals surface area contributed by atoms with Gasteiger partial charge in [0.2, 0.25) is 15.9 Å². The van der Waals surface area contributed by atoms with Gasteiger partial charge in [0.1, 0.15) is 5.75 Å². The summed E-state index contributed by atoms with van der Waals surface area (Å²) in [6.45, 7) is 3.80. The first kappa shape index (κ1) is 22.5. The fourth-order valence-corrected chi connectivity index (χ4v) is 4.42. The highest BCUT2D eigenvalue weighted by molar-refractivity contribution is 7.89. The van der Waals surface area contributed by atoms with Gasteiger partial charge in [-0.2, -0.15) is 0 Å². The number of nitrogens with one attached hydrogen (secondary N) is 2. The van der Waals surface area contributed by atoms with Crippen molar-refractivity contribution in [3.8, 4) is 5.75 Å². The number of hydrogen-bond donors (Lipinski definition) is 2. The molecule has 0 fully saturated rings. The van der Waals surface area contributed by atoms with E-state index in [1.807, 2.05) is 44.2 Å². The molecule has 0 aromatic heterocycles. The summed E-state index contributed by atoms with van der Waals surface area (Å²) in [6.07, 6.45) is -0.0772. The lowest BCUT2D eigenvalue weighted by atomic mass is 10.0. The molecule has 6 nitrogen and oxygen atoms in total. The molecular formula is C24H26N2O4S. The fraction of sp³-hybridized carbons (Fsp3) is 0.208. The Balaban J connectivity index is 1.84. The van der Waals surface area contributed by atoms with Crippen molar-refractivity contribution in [2.45, 2.75) is 31.2 Å². The van der Waals surface area contributed by atoms with Crippen LogP contribution in [0.15, 0.2) is 77.7 Å². The zero-order valence-electron chi connectivity index (χ0n) is 17.8. The molecule has 0 aliphatic heterocycles. The first-order chi connectivity index (χ1) is 14.8. The summed E-state index contributed by atoms with van der Waals surface area (Å²) in [4.78, 5) is 13.0. The van der Waals surface area contributed by atoms with Gasteiger partial charge in [-0.3, -0.25) is 4.79 Å². The summed E-state index contributed by atoms with van der Waals surface area (Å²) in [7, 11) is -2.29. The predicted octanol–water partition coefficient (Wildman–Crippen LogP) is 4.36. The number of sulfonamides is 1. The Morgan fingerprint density at radius 1 is 0.935 bits per heavy atom. The fourth-order valence-electron chi connectivity index (χ4n) is 3.19. The molecule has 1 amide bonds. The maximum Gasteiger partial charge on any atom is 0.241 e. The second-order valence-electron chi connectivity index (χ2n) is 7.35. The molecular weight excluding hydrogens is 412 g/mol. The third kappa shape index (κ3) is 5.93. The van der Waals surface area contributed by atoms with Gasteiger partial charge in [0.05, 0.1) is 23.7 Å². The van der Waals surface area contributed by atoms with Gasteiger partial charge in [0.15, 0.2) is 0 Å². The standard InChI is InChI=1S/C24H26N2O4S/c1-17-9-12-20(13-10-17)31(28,29)26-21(19-7-5-4-6-8-19)16-24(27)25-22-15-18(2)11-14-23(22)30-3/h4-15,21,26H,16H2,1-3H3,(H,25,27)/t21-/m0/s1. The van der Waals surface area contributed by atoms with Gasteiger partial charge >= 0.3 is 0 Å². The third-order valence-electron chi connectivity index (χ3n) is 4.85. The minimum atomic E-state index is -3.82. The molecule has 0 heterocycles. The van der Waals surface area contributed by atoms with Crippen LogP contribution >= 0.6 is 0 Å². The Kier molecular flexibility index (Phi) is 7.09. The second kappa shape index (κ2) is 9.76. The highest BCUT2D eigenvalue weighted by Gasteiger charge is 2.24. The number of anilines is 1. The van der Waals surface area contributed by atoms with Crippen LogP contribution in [0.3, 0.4) is 0 Å². The highest BCUT2D eigenvalue weighted by Crippen LogP contribution is 2.27. The molecule has 3 aromatic carbocycles. The minimum absolute atomic E-state index is 0.0772.